The molecule has 132 valence electrons. The summed E-state index contributed by atoms with van der Waals surface area (Å²) in [6, 6.07) is 8.31. The smallest absolute Gasteiger partial charge is 0.286 e. The molecule has 1 aliphatic rings. The average molecular weight is 371 g/mol. The Labute approximate surface area is 151 Å². The quantitative estimate of drug-likeness (QED) is 0.558. The standard InChI is InChI=1S/C17H13N3O5S/c1-9-2-3-11-15(6-9)26-17(18-11)19-16(21)10-7-13-14(25-5-4-24-13)8-12(10)20(22)23/h2-3,6-8H,4-5H2,1H3,(H,18,19,21). The maximum atomic E-state index is 12.6. The van der Waals surface area contributed by atoms with Gasteiger partial charge in [0.15, 0.2) is 16.6 Å². The van der Waals surface area contributed by atoms with Crippen molar-refractivity contribution in [2.75, 3.05) is 18.5 Å². The van der Waals surface area contributed by atoms with Crippen LogP contribution in [0.25, 0.3) is 10.2 Å². The van der Waals surface area contributed by atoms with Gasteiger partial charge in [-0.3, -0.25) is 20.2 Å². The van der Waals surface area contributed by atoms with E-state index >= 15 is 0 Å². The van der Waals surface area contributed by atoms with E-state index in [0.717, 1.165) is 15.8 Å². The molecule has 8 nitrogen and oxygen atoms in total. The highest BCUT2D eigenvalue weighted by molar-refractivity contribution is 7.22. The van der Waals surface area contributed by atoms with Crippen molar-refractivity contribution in [2.45, 2.75) is 6.92 Å². The minimum Gasteiger partial charge on any atom is -0.486 e. The van der Waals surface area contributed by atoms with Crippen LogP contribution in [-0.2, 0) is 0 Å². The van der Waals surface area contributed by atoms with Gasteiger partial charge in [0.05, 0.1) is 21.2 Å². The number of aryl methyl sites for hydroxylation is 1. The molecule has 0 atom stereocenters. The summed E-state index contributed by atoms with van der Waals surface area (Å²) in [6.07, 6.45) is 0. The minimum absolute atomic E-state index is 0.102. The monoisotopic (exact) mass is 371 g/mol. The van der Waals surface area contributed by atoms with Gasteiger partial charge in [-0.25, -0.2) is 4.98 Å². The topological polar surface area (TPSA) is 104 Å². The number of carbonyl (C=O) groups is 1. The normalized spacial score (nSPS) is 12.8. The van der Waals surface area contributed by atoms with Crippen molar-refractivity contribution < 1.29 is 19.2 Å². The molecule has 0 fully saturated rings. The molecule has 26 heavy (non-hydrogen) atoms. The van der Waals surface area contributed by atoms with E-state index in [1.165, 1.54) is 23.5 Å². The Morgan fingerprint density at radius 1 is 1.23 bits per heavy atom. The zero-order chi connectivity index (χ0) is 18.3. The van der Waals surface area contributed by atoms with Crippen LogP contribution in [0.15, 0.2) is 30.3 Å². The zero-order valence-corrected chi connectivity index (χ0v) is 14.5. The van der Waals surface area contributed by atoms with Crippen LogP contribution in [0.2, 0.25) is 0 Å². The zero-order valence-electron chi connectivity index (χ0n) is 13.6. The van der Waals surface area contributed by atoms with E-state index in [0.29, 0.717) is 24.1 Å². The fourth-order valence-corrected chi connectivity index (χ4v) is 3.62. The molecule has 2 aromatic carbocycles. The summed E-state index contributed by atoms with van der Waals surface area (Å²) in [5.74, 6) is -0.0497. The second kappa shape index (κ2) is 6.26. The second-order valence-corrected chi connectivity index (χ2v) is 6.75. The second-order valence-electron chi connectivity index (χ2n) is 5.71. The number of nitrogens with one attached hydrogen (secondary N) is 1. The predicted octanol–water partition coefficient (Wildman–Crippen LogP) is 3.54. The summed E-state index contributed by atoms with van der Waals surface area (Å²) in [5.41, 5.74) is 1.40. The first kappa shape index (κ1) is 16.3. The maximum absolute atomic E-state index is 12.6. The summed E-state index contributed by atoms with van der Waals surface area (Å²) in [6.45, 7) is 2.60. The molecular formula is C17H13N3O5S. The van der Waals surface area contributed by atoms with Crippen molar-refractivity contribution >= 4 is 38.3 Å². The van der Waals surface area contributed by atoms with E-state index in [1.807, 2.05) is 25.1 Å². The number of anilines is 1. The highest BCUT2D eigenvalue weighted by Gasteiger charge is 2.27. The summed E-state index contributed by atoms with van der Waals surface area (Å²) in [5, 5.41) is 14.4. The van der Waals surface area contributed by atoms with Gasteiger partial charge in [-0.05, 0) is 24.6 Å². The van der Waals surface area contributed by atoms with Crippen molar-refractivity contribution in [3.05, 3.63) is 51.6 Å². The van der Waals surface area contributed by atoms with Gasteiger partial charge < -0.3 is 9.47 Å². The van der Waals surface area contributed by atoms with Gasteiger partial charge in [-0.2, -0.15) is 0 Å². The molecule has 0 saturated carbocycles. The van der Waals surface area contributed by atoms with Crippen LogP contribution in [-0.4, -0.2) is 29.0 Å². The van der Waals surface area contributed by atoms with Gasteiger partial charge in [0, 0.05) is 6.07 Å². The molecule has 1 aromatic heterocycles. The molecule has 0 unspecified atom stereocenters. The van der Waals surface area contributed by atoms with Gasteiger partial charge in [0.25, 0.3) is 11.6 Å². The SMILES string of the molecule is Cc1ccc2nc(NC(=O)c3cc4c(cc3[N+](=O)[O-])OCCO4)sc2c1. The minimum atomic E-state index is -0.621. The molecule has 0 radical (unpaired) electrons. The molecule has 9 heteroatoms. The van der Waals surface area contributed by atoms with E-state index in [4.69, 9.17) is 9.47 Å². The summed E-state index contributed by atoms with van der Waals surface area (Å²) >= 11 is 1.31. The molecule has 2 heterocycles. The lowest BCUT2D eigenvalue weighted by atomic mass is 10.1. The number of amides is 1. The Bertz CT molecular complexity index is 1050. The Morgan fingerprint density at radius 2 is 1.96 bits per heavy atom. The first-order chi connectivity index (χ1) is 12.5. The number of nitro groups is 1. The Kier molecular flexibility index (Phi) is 3.92. The van der Waals surface area contributed by atoms with E-state index in [1.54, 1.807) is 0 Å². The van der Waals surface area contributed by atoms with Gasteiger partial charge in [-0.15, -0.1) is 0 Å². The number of benzene rings is 2. The number of hydrogen-bond donors (Lipinski definition) is 1. The molecule has 0 spiro atoms. The number of nitro benzene ring substituents is 1. The van der Waals surface area contributed by atoms with Crippen LogP contribution >= 0.6 is 11.3 Å². The largest absolute Gasteiger partial charge is 0.486 e. The maximum Gasteiger partial charge on any atom is 0.286 e. The van der Waals surface area contributed by atoms with Crippen LogP contribution in [0.4, 0.5) is 10.8 Å². The number of thiazole rings is 1. The lowest BCUT2D eigenvalue weighted by Gasteiger charge is -2.18. The lowest BCUT2D eigenvalue weighted by molar-refractivity contribution is -0.385. The van der Waals surface area contributed by atoms with Crippen LogP contribution in [0.1, 0.15) is 15.9 Å². The van der Waals surface area contributed by atoms with E-state index in [-0.39, 0.29) is 17.0 Å². The first-order valence-electron chi connectivity index (χ1n) is 7.78. The fourth-order valence-electron chi connectivity index (χ4n) is 2.66. The molecule has 1 aliphatic heterocycles. The van der Waals surface area contributed by atoms with E-state index in [9.17, 15) is 14.9 Å². The van der Waals surface area contributed by atoms with Crippen LogP contribution in [0, 0.1) is 17.0 Å². The lowest BCUT2D eigenvalue weighted by Crippen LogP contribution is -2.18. The highest BCUT2D eigenvalue weighted by atomic mass is 32.1. The number of fused-ring (bicyclic) bond motifs is 2. The predicted molar refractivity (Wildman–Crippen MR) is 96.4 cm³/mol. The molecule has 0 bridgehead atoms. The number of hydrogen-bond acceptors (Lipinski definition) is 7. The molecule has 1 N–H and O–H groups in total. The van der Waals surface area contributed by atoms with Crippen molar-refractivity contribution in [1.82, 2.24) is 4.98 Å². The molecule has 1 amide bonds. The molecular weight excluding hydrogens is 358 g/mol. The van der Waals surface area contributed by atoms with Crippen molar-refractivity contribution in [3.63, 3.8) is 0 Å². The van der Waals surface area contributed by atoms with Gasteiger partial charge in [-0.1, -0.05) is 17.4 Å². The van der Waals surface area contributed by atoms with Crippen LogP contribution in [0.3, 0.4) is 0 Å². The first-order valence-corrected chi connectivity index (χ1v) is 8.59. The van der Waals surface area contributed by atoms with Gasteiger partial charge in [0.2, 0.25) is 0 Å². The number of rotatable bonds is 3. The Hall–Kier alpha value is -3.20. The third-order valence-electron chi connectivity index (χ3n) is 3.87. The van der Waals surface area contributed by atoms with Crippen LogP contribution in [0.5, 0.6) is 11.5 Å². The van der Waals surface area contributed by atoms with Gasteiger partial charge >= 0.3 is 0 Å². The van der Waals surface area contributed by atoms with Crippen molar-refractivity contribution in [1.29, 1.82) is 0 Å². The van der Waals surface area contributed by atoms with E-state index in [2.05, 4.69) is 10.3 Å². The number of ether oxygens (including phenoxy) is 2. The molecule has 0 saturated heterocycles. The number of aromatic nitrogens is 1. The number of nitrogens with zero attached hydrogens (tertiary/aromatic N) is 2. The Balaban J connectivity index is 1.69. The summed E-state index contributed by atoms with van der Waals surface area (Å²) in [4.78, 5) is 27.7. The Morgan fingerprint density at radius 3 is 2.69 bits per heavy atom. The van der Waals surface area contributed by atoms with Gasteiger partial charge in [0.1, 0.15) is 18.8 Å². The molecule has 4 rings (SSSR count). The van der Waals surface area contributed by atoms with Crippen LogP contribution < -0.4 is 14.8 Å². The fraction of sp³-hybridized carbons (Fsp3) is 0.176. The summed E-state index contributed by atoms with van der Waals surface area (Å²) < 4.78 is 11.7. The summed E-state index contributed by atoms with van der Waals surface area (Å²) in [7, 11) is 0. The number of carbonyl (C=O) groups excluding carboxylic acids is 1. The highest BCUT2D eigenvalue weighted by Crippen LogP contribution is 2.37. The van der Waals surface area contributed by atoms with Crippen molar-refractivity contribution in [3.8, 4) is 11.5 Å². The third-order valence-corrected chi connectivity index (χ3v) is 4.80. The molecule has 3 aromatic rings. The average Bonchev–Trinajstić information content (AvgIpc) is 3.01. The third kappa shape index (κ3) is 2.93. The molecule has 0 aliphatic carbocycles. The van der Waals surface area contributed by atoms with E-state index < -0.39 is 10.8 Å². The van der Waals surface area contributed by atoms with Crippen molar-refractivity contribution in [2.24, 2.45) is 0 Å².